The molecular weight excluding hydrogens is 1060 g/mol. The van der Waals surface area contributed by atoms with Gasteiger partial charge in [0.25, 0.3) is 0 Å². The molecule has 6 aliphatic rings. The maximum absolute atomic E-state index is 13.5. The Kier molecular flexibility index (Phi) is 16.5. The molecule has 15 heteroatoms. The molecule has 0 spiro atoms. The summed E-state index contributed by atoms with van der Waals surface area (Å²) >= 11 is 0. The number of aliphatic hydroxyl groups is 3. The number of anilines is 3. The van der Waals surface area contributed by atoms with E-state index < -0.39 is 0 Å². The number of ketones is 3. The van der Waals surface area contributed by atoms with Gasteiger partial charge in [-0.15, -0.1) is 0 Å². The molecule has 4 aromatic rings. The first-order chi connectivity index (χ1) is 40.4. The predicted molar refractivity (Wildman–Crippen MR) is 333 cm³/mol. The van der Waals surface area contributed by atoms with E-state index in [1.807, 2.05) is 256 Å². The Balaban J connectivity index is 0.811. The number of carbonyl (C=O) groups is 3. The van der Waals surface area contributed by atoms with Crippen molar-refractivity contribution in [1.82, 2.24) is 0 Å². The van der Waals surface area contributed by atoms with Crippen molar-refractivity contribution in [2.75, 3.05) is 118 Å². The molecule has 10 rings (SSSR count). The van der Waals surface area contributed by atoms with Gasteiger partial charge in [-0.05, 0) is 106 Å². The van der Waals surface area contributed by atoms with E-state index in [4.69, 9.17) is 14.2 Å². The zero-order valence-electron chi connectivity index (χ0n) is 48.8. The van der Waals surface area contributed by atoms with Crippen LogP contribution in [-0.2, 0) is 14.4 Å². The predicted octanol–water partition coefficient (Wildman–Crippen LogP) is 9.19. The van der Waals surface area contributed by atoms with Crippen molar-refractivity contribution in [2.24, 2.45) is 0 Å². The van der Waals surface area contributed by atoms with E-state index in [-0.39, 0.29) is 71.2 Å². The molecule has 0 radical (unpaired) electrons. The minimum absolute atomic E-state index is 0.0180. The quantitative estimate of drug-likeness (QED) is 0.0642. The second-order valence-electron chi connectivity index (χ2n) is 21.7. The first kappa shape index (κ1) is 57.2. The minimum Gasteiger partial charge on any atom is -0.506 e. The second kappa shape index (κ2) is 24.2. The van der Waals surface area contributed by atoms with Crippen molar-refractivity contribution in [3.8, 4) is 17.2 Å². The van der Waals surface area contributed by atoms with Crippen LogP contribution in [0, 0.1) is 0 Å². The lowest BCUT2D eigenvalue weighted by molar-refractivity contribution is -0.462. The van der Waals surface area contributed by atoms with E-state index in [1.54, 1.807) is 0 Å². The molecule has 0 fully saturated rings. The van der Waals surface area contributed by atoms with E-state index in [0.717, 1.165) is 34.2 Å². The van der Waals surface area contributed by atoms with Gasteiger partial charge in [-0.25, -0.2) is 13.7 Å². The number of benzene rings is 4. The van der Waals surface area contributed by atoms with Gasteiger partial charge in [0.05, 0.1) is 53.1 Å². The van der Waals surface area contributed by atoms with Gasteiger partial charge in [-0.3, -0.25) is 14.4 Å². The molecule has 0 saturated carbocycles. The second-order valence-corrected chi connectivity index (χ2v) is 21.7. The van der Waals surface area contributed by atoms with E-state index in [2.05, 4.69) is 0 Å². The van der Waals surface area contributed by atoms with Crippen molar-refractivity contribution in [3.05, 3.63) is 231 Å². The summed E-state index contributed by atoms with van der Waals surface area (Å²) in [5, 5.41) is 33.5. The Bertz CT molecular complexity index is 3490. The van der Waals surface area contributed by atoms with Gasteiger partial charge >= 0.3 is 0 Å². The van der Waals surface area contributed by atoms with Crippen LogP contribution in [0.25, 0.3) is 16.7 Å². The summed E-state index contributed by atoms with van der Waals surface area (Å²) in [6.07, 6.45) is 22.6. The average Bonchev–Trinajstić information content (AvgIpc) is 1.22. The van der Waals surface area contributed by atoms with Gasteiger partial charge in [0, 0.05) is 92.9 Å². The third kappa shape index (κ3) is 11.7. The Morgan fingerprint density at radius 3 is 0.833 bits per heavy atom. The third-order valence-electron chi connectivity index (χ3n) is 15.5. The highest BCUT2D eigenvalue weighted by atomic mass is 16.5. The van der Waals surface area contributed by atoms with Gasteiger partial charge in [-0.2, -0.15) is 0 Å². The highest BCUT2D eigenvalue weighted by Crippen LogP contribution is 2.43. The van der Waals surface area contributed by atoms with Crippen LogP contribution in [-0.4, -0.2) is 166 Å². The number of likely N-dealkylation sites (N-methyl/N-ethyl adjacent to an activating group) is 3. The zero-order chi connectivity index (χ0) is 59.5. The maximum atomic E-state index is 13.5. The van der Waals surface area contributed by atoms with Crippen LogP contribution in [0.15, 0.2) is 215 Å². The number of ether oxygens (including phenoxy) is 3. The van der Waals surface area contributed by atoms with Crippen LogP contribution in [0.2, 0.25) is 0 Å². The minimum atomic E-state index is -0.206. The van der Waals surface area contributed by atoms with E-state index >= 15 is 0 Å². The number of aliphatic hydroxyl groups excluding tert-OH is 3. The van der Waals surface area contributed by atoms with Gasteiger partial charge in [0.15, 0.2) is 17.1 Å². The molecule has 4 aromatic carbocycles. The first-order valence-electron chi connectivity index (χ1n) is 27.7. The fourth-order valence-electron chi connectivity index (χ4n) is 10.4. The number of hydrogen-bond donors (Lipinski definition) is 3. The topological polar surface area (TPSA) is 158 Å². The largest absolute Gasteiger partial charge is 0.506 e. The summed E-state index contributed by atoms with van der Waals surface area (Å²) in [5.74, 6) is 0.898. The molecule has 0 saturated heterocycles. The molecule has 84 heavy (non-hydrogen) atoms. The molecular formula is C69H69N6O9+3. The average molecular weight is 1130 g/mol. The maximum Gasteiger partial charge on any atom is 0.201 e. The molecule has 0 bridgehead atoms. The molecule has 0 aromatic heterocycles. The SMILES string of the molecule is CN(CCOc1cc(OCCN(C)c2cccc(C3=C(O)C(=C4C=CC(=[N+](C)C)C=C4)C3=O)c2)cc(OCCN(C)c2cccc(C3=C(O)C(=C4C=CC(=[N+](C)C)C=C4)C3=O)c2)c1)c1cccc(C2=C(O)C(=C3C=CC(=[N+](C)C)C=C3)C2=O)c1. The number of hydrogen-bond acceptors (Lipinski definition) is 12. The first-order valence-corrected chi connectivity index (χ1v) is 27.7. The summed E-state index contributed by atoms with van der Waals surface area (Å²) in [5.41, 5.74) is 11.2. The monoisotopic (exact) mass is 1130 g/mol. The van der Waals surface area contributed by atoms with Crippen molar-refractivity contribution >= 4 is 68.3 Å². The van der Waals surface area contributed by atoms with Crippen molar-refractivity contribution < 1.29 is 57.6 Å². The van der Waals surface area contributed by atoms with E-state index in [0.29, 0.717) is 87.0 Å². The lowest BCUT2D eigenvalue weighted by atomic mass is 9.80. The van der Waals surface area contributed by atoms with Gasteiger partial charge < -0.3 is 44.2 Å². The molecule has 15 nitrogen and oxygen atoms in total. The highest BCUT2D eigenvalue weighted by molar-refractivity contribution is 6.41. The fraction of sp³-hybridized carbons (Fsp3) is 0.217. The molecule has 0 unspecified atom stereocenters. The van der Waals surface area contributed by atoms with Crippen LogP contribution in [0.1, 0.15) is 16.7 Å². The number of nitrogens with zero attached hydrogens (tertiary/aromatic N) is 6. The van der Waals surface area contributed by atoms with Crippen molar-refractivity contribution in [2.45, 2.75) is 0 Å². The molecule has 426 valence electrons. The molecule has 0 aliphatic heterocycles. The molecule has 0 amide bonds. The zero-order valence-corrected chi connectivity index (χ0v) is 48.8. The smallest absolute Gasteiger partial charge is 0.201 e. The summed E-state index contributed by atoms with van der Waals surface area (Å²) in [6.45, 7) is 2.26. The van der Waals surface area contributed by atoms with Crippen LogP contribution >= 0.6 is 0 Å². The molecule has 3 N–H and O–H groups in total. The summed E-state index contributed by atoms with van der Waals surface area (Å²) in [4.78, 5) is 46.5. The Morgan fingerprint density at radius 2 is 0.607 bits per heavy atom. The lowest BCUT2D eigenvalue weighted by Crippen LogP contribution is -2.26. The number of rotatable bonds is 18. The lowest BCUT2D eigenvalue weighted by Gasteiger charge is -2.25. The van der Waals surface area contributed by atoms with Crippen LogP contribution in [0.4, 0.5) is 17.1 Å². The van der Waals surface area contributed by atoms with Crippen molar-refractivity contribution in [3.63, 3.8) is 0 Å². The Morgan fingerprint density at radius 1 is 0.357 bits per heavy atom. The summed E-state index contributed by atoms with van der Waals surface area (Å²) in [6, 6.07) is 28.0. The molecule has 0 heterocycles. The Hall–Kier alpha value is -10.0. The van der Waals surface area contributed by atoms with Crippen LogP contribution in [0.5, 0.6) is 17.2 Å². The summed E-state index contributed by atoms with van der Waals surface area (Å²) in [7, 11) is 17.5. The molecule has 0 atom stereocenters. The van der Waals surface area contributed by atoms with E-state index in [1.165, 1.54) is 0 Å². The van der Waals surface area contributed by atoms with Crippen molar-refractivity contribution in [1.29, 1.82) is 0 Å². The van der Waals surface area contributed by atoms with Crippen LogP contribution < -0.4 is 28.9 Å². The van der Waals surface area contributed by atoms with Crippen LogP contribution in [0.3, 0.4) is 0 Å². The van der Waals surface area contributed by atoms with Gasteiger partial charge in [-0.1, -0.05) is 36.4 Å². The summed E-state index contributed by atoms with van der Waals surface area (Å²) < 4.78 is 25.1. The normalized spacial score (nSPS) is 16.2. The van der Waals surface area contributed by atoms with E-state index in [9.17, 15) is 29.7 Å². The number of allylic oxidation sites excluding steroid dienone is 21. The van der Waals surface area contributed by atoms with Gasteiger partial charge in [0.2, 0.25) is 17.3 Å². The number of Topliss-reactive ketones (excluding diaryl/α,β-unsaturated/α-hetero) is 3. The standard InChI is InChI=1S/C69H66N6O9/c1-70(2)49-25-19-43(20-26-49)58-64(76)61(65(58)77)46-13-10-16-52(37-46)73(7)31-34-82-55-40-56(83-35-32-74(8)53-17-11-14-47(38-53)62-66(78)59(67(62)79)44-21-27-50(28-22-44)71(3)4)42-57(41-55)84-36-33-75(9)54-18-12-15-48(39-54)63-68(80)60(69(63)81)45-23-29-51(30-24-45)72(5)6/h10-30,37-42H,31-36H2,1-9H3/p+3. The highest BCUT2D eigenvalue weighted by Gasteiger charge is 2.39. The Labute approximate surface area is 490 Å². The third-order valence-corrected chi connectivity index (χ3v) is 15.5. The number of carbonyl (C=O) groups excluding carboxylic acids is 3. The fourth-order valence-corrected chi connectivity index (χ4v) is 10.4. The molecule has 6 aliphatic carbocycles. The van der Waals surface area contributed by atoms with Gasteiger partial charge in [0.1, 0.15) is 96.6 Å².